The van der Waals surface area contributed by atoms with Crippen LogP contribution in [0.1, 0.15) is 18.9 Å². The molecule has 0 amide bonds. The lowest BCUT2D eigenvalue weighted by Gasteiger charge is -2.21. The molecule has 1 aromatic rings. The largest absolute Gasteiger partial charge is 0.481 e. The Labute approximate surface area is 114 Å². The molecule has 20 heavy (non-hydrogen) atoms. The van der Waals surface area contributed by atoms with Gasteiger partial charge in [-0.25, -0.2) is 4.98 Å². The van der Waals surface area contributed by atoms with Crippen LogP contribution in [0.2, 0.25) is 0 Å². The summed E-state index contributed by atoms with van der Waals surface area (Å²) >= 11 is 0. The minimum Gasteiger partial charge on any atom is -0.481 e. The molecule has 0 spiro atoms. The van der Waals surface area contributed by atoms with Gasteiger partial charge in [-0.3, -0.25) is 14.9 Å². The minimum atomic E-state index is -0.902. The number of nitriles is 1. The predicted molar refractivity (Wildman–Crippen MR) is 68.2 cm³/mol. The molecule has 1 fully saturated rings. The first-order valence-corrected chi connectivity index (χ1v) is 5.90. The highest BCUT2D eigenvalue weighted by Gasteiger charge is 2.41. The first-order chi connectivity index (χ1) is 9.37. The lowest BCUT2D eigenvalue weighted by molar-refractivity contribution is -0.385. The van der Waals surface area contributed by atoms with Gasteiger partial charge in [0.2, 0.25) is 0 Å². The smallest absolute Gasteiger partial charge is 0.311 e. The van der Waals surface area contributed by atoms with Gasteiger partial charge in [0.05, 0.1) is 10.3 Å². The normalized spacial score (nSPS) is 21.5. The Morgan fingerprint density at radius 1 is 1.70 bits per heavy atom. The van der Waals surface area contributed by atoms with Crippen LogP contribution in [0, 0.1) is 26.9 Å². The van der Waals surface area contributed by atoms with Crippen LogP contribution < -0.4 is 4.90 Å². The number of aliphatic carboxylic acids is 1. The van der Waals surface area contributed by atoms with Crippen LogP contribution in [0.25, 0.3) is 0 Å². The van der Waals surface area contributed by atoms with E-state index in [0.29, 0.717) is 18.8 Å². The van der Waals surface area contributed by atoms with Crippen LogP contribution in [0.3, 0.4) is 0 Å². The molecule has 1 aliphatic heterocycles. The molecule has 0 bridgehead atoms. The summed E-state index contributed by atoms with van der Waals surface area (Å²) < 4.78 is 0. The molecule has 104 valence electrons. The molecule has 1 unspecified atom stereocenters. The molecular weight excluding hydrogens is 264 g/mol. The van der Waals surface area contributed by atoms with E-state index in [1.54, 1.807) is 11.8 Å². The highest BCUT2D eigenvalue weighted by atomic mass is 16.6. The van der Waals surface area contributed by atoms with E-state index in [0.717, 1.165) is 12.3 Å². The van der Waals surface area contributed by atoms with Crippen LogP contribution in [-0.2, 0) is 4.79 Å². The maximum atomic E-state index is 11.2. The number of nitro groups is 1. The monoisotopic (exact) mass is 276 g/mol. The highest BCUT2D eigenvalue weighted by Crippen LogP contribution is 2.34. The van der Waals surface area contributed by atoms with Crippen molar-refractivity contribution in [2.45, 2.75) is 13.3 Å². The molecule has 1 aliphatic rings. The molecule has 8 heteroatoms. The fraction of sp³-hybridized carbons (Fsp3) is 0.417. The van der Waals surface area contributed by atoms with Crippen molar-refractivity contribution < 1.29 is 14.8 Å². The molecule has 1 aromatic heterocycles. The Kier molecular flexibility index (Phi) is 3.28. The summed E-state index contributed by atoms with van der Waals surface area (Å²) in [6, 6.07) is 3.02. The van der Waals surface area contributed by atoms with E-state index in [4.69, 9.17) is 5.26 Å². The van der Waals surface area contributed by atoms with E-state index >= 15 is 0 Å². The van der Waals surface area contributed by atoms with Crippen LogP contribution in [0.5, 0.6) is 0 Å². The number of hydrogen-bond acceptors (Lipinski definition) is 6. The summed E-state index contributed by atoms with van der Waals surface area (Å²) in [4.78, 5) is 26.9. The molecule has 0 aromatic carbocycles. The van der Waals surface area contributed by atoms with Crippen molar-refractivity contribution in [2.24, 2.45) is 5.41 Å². The summed E-state index contributed by atoms with van der Waals surface area (Å²) in [6.07, 6.45) is 1.51. The first-order valence-electron chi connectivity index (χ1n) is 5.90. The van der Waals surface area contributed by atoms with Crippen LogP contribution in [0.15, 0.2) is 12.3 Å². The number of carboxylic acid groups (broad SMARTS) is 1. The average Bonchev–Trinajstić information content (AvgIpc) is 2.82. The van der Waals surface area contributed by atoms with Gasteiger partial charge in [-0.05, 0) is 13.3 Å². The summed E-state index contributed by atoms with van der Waals surface area (Å²) in [5, 5.41) is 28.9. The number of hydrogen-bond donors (Lipinski definition) is 1. The lowest BCUT2D eigenvalue weighted by atomic mass is 9.90. The molecule has 2 heterocycles. The Balaban J connectivity index is 2.34. The maximum absolute atomic E-state index is 11.2. The predicted octanol–water partition coefficient (Wildman–Crippen LogP) is 1.16. The summed E-state index contributed by atoms with van der Waals surface area (Å²) in [6.45, 7) is 2.30. The minimum absolute atomic E-state index is 0.0776. The van der Waals surface area contributed by atoms with E-state index in [9.17, 15) is 20.0 Å². The first kappa shape index (κ1) is 13.7. The highest BCUT2D eigenvalue weighted by molar-refractivity contribution is 5.76. The molecule has 0 radical (unpaired) electrons. The van der Waals surface area contributed by atoms with Gasteiger partial charge >= 0.3 is 5.97 Å². The second kappa shape index (κ2) is 4.77. The quantitative estimate of drug-likeness (QED) is 0.649. The number of rotatable bonds is 3. The molecule has 1 N–H and O–H groups in total. The zero-order chi connectivity index (χ0) is 14.9. The molecule has 0 aliphatic carbocycles. The van der Waals surface area contributed by atoms with Crippen molar-refractivity contribution in [3.05, 3.63) is 27.9 Å². The van der Waals surface area contributed by atoms with Gasteiger partial charge in [-0.2, -0.15) is 5.26 Å². The van der Waals surface area contributed by atoms with Gasteiger partial charge in [0.15, 0.2) is 0 Å². The van der Waals surface area contributed by atoms with Gasteiger partial charge in [-0.1, -0.05) is 0 Å². The van der Waals surface area contributed by atoms with Gasteiger partial charge in [0.1, 0.15) is 23.6 Å². The van der Waals surface area contributed by atoms with E-state index < -0.39 is 16.3 Å². The Morgan fingerprint density at radius 2 is 2.40 bits per heavy atom. The van der Waals surface area contributed by atoms with Gasteiger partial charge in [0, 0.05) is 19.2 Å². The standard InChI is InChI=1S/C12H12N4O4/c1-12(11(17)18)2-3-15(7-12)10-8(5-13)4-9(6-14-10)16(19)20/h4,6H,2-3,7H2,1H3,(H,17,18). The summed E-state index contributed by atoms with van der Waals surface area (Å²) in [5.74, 6) is -0.608. The van der Waals surface area contributed by atoms with E-state index in [1.807, 2.05) is 6.07 Å². The Hall–Kier alpha value is -2.69. The van der Waals surface area contributed by atoms with Crippen LogP contribution in [0.4, 0.5) is 11.5 Å². The van der Waals surface area contributed by atoms with Crippen LogP contribution >= 0.6 is 0 Å². The van der Waals surface area contributed by atoms with Crippen molar-refractivity contribution >= 4 is 17.5 Å². The molecule has 1 saturated heterocycles. The number of carboxylic acids is 1. The zero-order valence-electron chi connectivity index (χ0n) is 10.7. The zero-order valence-corrected chi connectivity index (χ0v) is 10.7. The van der Waals surface area contributed by atoms with E-state index in [-0.39, 0.29) is 17.8 Å². The summed E-state index contributed by atoms with van der Waals surface area (Å²) in [7, 11) is 0. The van der Waals surface area contributed by atoms with Crippen molar-refractivity contribution in [1.29, 1.82) is 5.26 Å². The fourth-order valence-electron chi connectivity index (χ4n) is 2.20. The average molecular weight is 276 g/mol. The van der Waals surface area contributed by atoms with Gasteiger partial charge < -0.3 is 10.0 Å². The number of aromatic nitrogens is 1. The number of carbonyl (C=O) groups is 1. The van der Waals surface area contributed by atoms with Crippen molar-refractivity contribution in [1.82, 2.24) is 4.98 Å². The lowest BCUT2D eigenvalue weighted by Crippen LogP contribution is -2.32. The Bertz CT molecular complexity index is 624. The second-order valence-corrected chi connectivity index (χ2v) is 4.97. The number of pyridine rings is 1. The van der Waals surface area contributed by atoms with Gasteiger partial charge in [-0.15, -0.1) is 0 Å². The maximum Gasteiger partial charge on any atom is 0.311 e. The topological polar surface area (TPSA) is 120 Å². The number of nitrogens with zero attached hydrogens (tertiary/aromatic N) is 4. The summed E-state index contributed by atoms with van der Waals surface area (Å²) in [5.41, 5.74) is -1.07. The van der Waals surface area contributed by atoms with Crippen LogP contribution in [-0.4, -0.2) is 34.1 Å². The fourth-order valence-corrected chi connectivity index (χ4v) is 2.20. The molecule has 2 rings (SSSR count). The molecule has 8 nitrogen and oxygen atoms in total. The van der Waals surface area contributed by atoms with Crippen molar-refractivity contribution in [3.8, 4) is 6.07 Å². The molecule has 0 saturated carbocycles. The third-order valence-corrected chi connectivity index (χ3v) is 3.47. The molecular formula is C12H12N4O4. The second-order valence-electron chi connectivity index (χ2n) is 4.97. The Morgan fingerprint density at radius 3 is 2.90 bits per heavy atom. The van der Waals surface area contributed by atoms with Crippen molar-refractivity contribution in [3.63, 3.8) is 0 Å². The number of anilines is 1. The molecule has 1 atom stereocenters. The van der Waals surface area contributed by atoms with E-state index in [2.05, 4.69) is 4.98 Å². The third kappa shape index (κ3) is 2.25. The van der Waals surface area contributed by atoms with Crippen molar-refractivity contribution in [2.75, 3.05) is 18.0 Å². The van der Waals surface area contributed by atoms with Gasteiger partial charge in [0.25, 0.3) is 5.69 Å². The third-order valence-electron chi connectivity index (χ3n) is 3.47. The van der Waals surface area contributed by atoms with E-state index in [1.165, 1.54) is 0 Å². The SMILES string of the molecule is CC1(C(=O)O)CCN(c2ncc([N+](=O)[O-])cc2C#N)C1.